The Balaban J connectivity index is 1.11. The zero-order valence-electron chi connectivity index (χ0n) is 20.8. The van der Waals surface area contributed by atoms with E-state index in [2.05, 4.69) is 10.3 Å². The number of hydrogen-bond donors (Lipinski definition) is 2. The van der Waals surface area contributed by atoms with Gasteiger partial charge in [0.1, 0.15) is 17.0 Å². The number of likely N-dealkylation sites (tertiary alicyclic amines) is 1. The average molecular weight is 477 g/mol. The summed E-state index contributed by atoms with van der Waals surface area (Å²) in [5.74, 6) is 2.53. The standard InChI is InChI=1S/C28H36N4O3/c1-26(2,35)22-7-3-4-9-31(22)25(34)20-14-32-21(6-5-8-23(32)30-20)24(33)29-16-27-11-17-10-19(17)28(15-27)13-18(28)12-27/h5-6,8,14,17-19,22,35H,3-4,7,9-13,15-16H2,1-2H3,(H,29,33). The smallest absolute Gasteiger partial charge is 0.274 e. The molecule has 2 aromatic rings. The highest BCUT2D eigenvalue weighted by Gasteiger charge is 2.76. The van der Waals surface area contributed by atoms with Crippen molar-refractivity contribution in [3.8, 4) is 0 Å². The Bertz CT molecular complexity index is 1230. The number of rotatable bonds is 5. The van der Waals surface area contributed by atoms with Gasteiger partial charge in [0, 0.05) is 19.3 Å². The second-order valence-electron chi connectivity index (χ2n) is 12.9. The second kappa shape index (κ2) is 7.09. The van der Waals surface area contributed by atoms with Gasteiger partial charge in [-0.05, 0) is 106 Å². The molecule has 3 heterocycles. The van der Waals surface area contributed by atoms with Gasteiger partial charge in [0.15, 0.2) is 0 Å². The number of aliphatic hydroxyl groups is 1. The molecule has 0 radical (unpaired) electrons. The third-order valence-corrected chi connectivity index (χ3v) is 10.2. The number of carbonyl (C=O) groups excluding carboxylic acids is 2. The average Bonchev–Trinajstić information content (AvgIpc) is 3.66. The van der Waals surface area contributed by atoms with E-state index in [0.29, 0.717) is 34.4 Å². The van der Waals surface area contributed by atoms with Crippen LogP contribution in [-0.4, -0.2) is 55.9 Å². The number of imidazole rings is 1. The largest absolute Gasteiger partial charge is 0.388 e. The van der Waals surface area contributed by atoms with Crippen molar-refractivity contribution in [3.63, 3.8) is 0 Å². The van der Waals surface area contributed by atoms with Gasteiger partial charge in [-0.15, -0.1) is 0 Å². The predicted octanol–water partition coefficient (Wildman–Crippen LogP) is 3.66. The number of nitrogens with zero attached hydrogens (tertiary/aromatic N) is 3. The molecule has 1 spiro atoms. The summed E-state index contributed by atoms with van der Waals surface area (Å²) < 4.78 is 1.74. The van der Waals surface area contributed by atoms with Crippen molar-refractivity contribution in [3.05, 3.63) is 35.8 Å². The highest BCUT2D eigenvalue weighted by atomic mass is 16.3. The number of hydrogen-bond acceptors (Lipinski definition) is 4. The van der Waals surface area contributed by atoms with Crippen molar-refractivity contribution in [2.24, 2.45) is 28.6 Å². The molecule has 6 unspecified atom stereocenters. The molecule has 1 aliphatic heterocycles. The lowest BCUT2D eigenvalue weighted by Crippen LogP contribution is -2.54. The lowest BCUT2D eigenvalue weighted by Gasteiger charge is -2.42. The summed E-state index contributed by atoms with van der Waals surface area (Å²) in [6, 6.07) is 5.23. The molecule has 4 saturated carbocycles. The van der Waals surface area contributed by atoms with Crippen LogP contribution in [-0.2, 0) is 0 Å². The Kier molecular flexibility index (Phi) is 4.42. The van der Waals surface area contributed by atoms with Crippen LogP contribution in [0.2, 0.25) is 0 Å². The molecule has 2 aromatic heterocycles. The zero-order valence-corrected chi connectivity index (χ0v) is 20.8. The topological polar surface area (TPSA) is 86.9 Å². The van der Waals surface area contributed by atoms with Crippen molar-refractivity contribution in [2.45, 2.75) is 76.9 Å². The van der Waals surface area contributed by atoms with Gasteiger partial charge < -0.3 is 15.3 Å². The zero-order chi connectivity index (χ0) is 24.2. The van der Waals surface area contributed by atoms with Crippen molar-refractivity contribution in [1.29, 1.82) is 0 Å². The number of fused-ring (bicyclic) bond motifs is 3. The van der Waals surface area contributed by atoms with E-state index in [1.165, 1.54) is 32.1 Å². The first-order chi connectivity index (χ1) is 16.7. The third kappa shape index (κ3) is 3.30. The summed E-state index contributed by atoms with van der Waals surface area (Å²) in [5.41, 5.74) is 1.39. The van der Waals surface area contributed by atoms with Crippen LogP contribution in [0.25, 0.3) is 5.65 Å². The third-order valence-electron chi connectivity index (χ3n) is 10.2. The maximum absolute atomic E-state index is 13.4. The van der Waals surface area contributed by atoms with E-state index in [-0.39, 0.29) is 17.9 Å². The minimum absolute atomic E-state index is 0.0961. The summed E-state index contributed by atoms with van der Waals surface area (Å²) in [4.78, 5) is 33.1. The van der Waals surface area contributed by atoms with E-state index in [9.17, 15) is 14.7 Å². The Morgan fingerprint density at radius 3 is 2.91 bits per heavy atom. The molecule has 0 aromatic carbocycles. The van der Waals surface area contributed by atoms with Gasteiger partial charge in [0.25, 0.3) is 11.8 Å². The van der Waals surface area contributed by atoms with Crippen LogP contribution in [0.1, 0.15) is 86.2 Å². The fourth-order valence-electron chi connectivity index (χ4n) is 8.58. The predicted molar refractivity (Wildman–Crippen MR) is 131 cm³/mol. The Hall–Kier alpha value is -2.41. The van der Waals surface area contributed by atoms with Crippen LogP contribution in [0, 0.1) is 28.6 Å². The molecule has 2 amide bonds. The van der Waals surface area contributed by atoms with Gasteiger partial charge in [-0.3, -0.25) is 14.0 Å². The lowest BCUT2D eigenvalue weighted by molar-refractivity contribution is -0.0277. The first-order valence-electron chi connectivity index (χ1n) is 13.5. The van der Waals surface area contributed by atoms with Crippen molar-refractivity contribution < 1.29 is 14.7 Å². The summed E-state index contributed by atoms with van der Waals surface area (Å²) in [6.07, 6.45) is 11.1. The van der Waals surface area contributed by atoms with Gasteiger partial charge in [-0.25, -0.2) is 4.98 Å². The number of nitrogens with one attached hydrogen (secondary N) is 1. The van der Waals surface area contributed by atoms with E-state index < -0.39 is 5.60 Å². The van der Waals surface area contributed by atoms with Crippen LogP contribution < -0.4 is 5.32 Å². The normalized spacial score (nSPS) is 37.1. The van der Waals surface area contributed by atoms with E-state index in [1.807, 2.05) is 18.2 Å². The van der Waals surface area contributed by atoms with Crippen LogP contribution in [0.5, 0.6) is 0 Å². The molecule has 7 nitrogen and oxygen atoms in total. The molecule has 2 N–H and O–H groups in total. The summed E-state index contributed by atoms with van der Waals surface area (Å²) >= 11 is 0. The molecule has 1 saturated heterocycles. The number of aromatic nitrogens is 2. The van der Waals surface area contributed by atoms with Gasteiger partial charge in [-0.1, -0.05) is 6.07 Å². The molecule has 7 rings (SSSR count). The Labute approximate surface area is 206 Å². The molecular formula is C28H36N4O3. The van der Waals surface area contributed by atoms with E-state index in [1.54, 1.807) is 29.3 Å². The molecule has 5 aliphatic rings. The number of amides is 2. The van der Waals surface area contributed by atoms with E-state index >= 15 is 0 Å². The maximum Gasteiger partial charge on any atom is 0.274 e. The Morgan fingerprint density at radius 1 is 1.23 bits per heavy atom. The van der Waals surface area contributed by atoms with Crippen molar-refractivity contribution in [2.75, 3.05) is 13.1 Å². The van der Waals surface area contributed by atoms with E-state index in [0.717, 1.165) is 43.6 Å². The minimum atomic E-state index is -0.973. The lowest BCUT2D eigenvalue weighted by atomic mass is 9.71. The molecule has 5 fully saturated rings. The fourth-order valence-corrected chi connectivity index (χ4v) is 8.58. The quantitative estimate of drug-likeness (QED) is 0.690. The molecule has 186 valence electrons. The van der Waals surface area contributed by atoms with Gasteiger partial charge in [0.2, 0.25) is 0 Å². The minimum Gasteiger partial charge on any atom is -0.388 e. The SMILES string of the molecule is CC(C)(O)C1CCCCN1C(=O)c1cn2c(C(=O)NCC34CC5CC5C5(CC5C3)C4)cccc2n1. The number of carbonyl (C=O) groups is 2. The monoisotopic (exact) mass is 476 g/mol. The van der Waals surface area contributed by atoms with Crippen molar-refractivity contribution in [1.82, 2.24) is 19.6 Å². The number of pyridine rings is 1. The number of piperidine rings is 1. The van der Waals surface area contributed by atoms with Gasteiger partial charge >= 0.3 is 0 Å². The summed E-state index contributed by atoms with van der Waals surface area (Å²) in [5, 5.41) is 13.9. The van der Waals surface area contributed by atoms with Gasteiger partial charge in [-0.2, -0.15) is 0 Å². The highest BCUT2D eigenvalue weighted by Crippen LogP contribution is 2.83. The maximum atomic E-state index is 13.4. The summed E-state index contributed by atoms with van der Waals surface area (Å²) in [6.45, 7) is 4.90. The fraction of sp³-hybridized carbons (Fsp3) is 0.679. The van der Waals surface area contributed by atoms with Crippen LogP contribution >= 0.6 is 0 Å². The molecule has 2 bridgehead atoms. The molecule has 35 heavy (non-hydrogen) atoms. The molecular weight excluding hydrogens is 440 g/mol. The van der Waals surface area contributed by atoms with Crippen LogP contribution in [0.3, 0.4) is 0 Å². The second-order valence-corrected chi connectivity index (χ2v) is 12.9. The molecule has 4 aliphatic carbocycles. The molecule has 6 atom stereocenters. The Morgan fingerprint density at radius 2 is 2.09 bits per heavy atom. The van der Waals surface area contributed by atoms with Crippen LogP contribution in [0.15, 0.2) is 24.4 Å². The summed E-state index contributed by atoms with van der Waals surface area (Å²) in [7, 11) is 0. The van der Waals surface area contributed by atoms with Gasteiger partial charge in [0.05, 0.1) is 11.6 Å². The van der Waals surface area contributed by atoms with Crippen LogP contribution in [0.4, 0.5) is 0 Å². The first-order valence-corrected chi connectivity index (χ1v) is 13.5. The van der Waals surface area contributed by atoms with Crippen molar-refractivity contribution >= 4 is 17.5 Å². The molecule has 7 heteroatoms. The first kappa shape index (κ1) is 21.8. The van der Waals surface area contributed by atoms with E-state index in [4.69, 9.17) is 0 Å². The highest BCUT2D eigenvalue weighted by molar-refractivity contribution is 5.96.